The van der Waals surface area contributed by atoms with Crippen LogP contribution in [0.3, 0.4) is 0 Å². The van der Waals surface area contributed by atoms with Crippen LogP contribution in [0.1, 0.15) is 45.1 Å². The lowest BCUT2D eigenvalue weighted by Crippen LogP contribution is -1.66. The topological polar surface area (TPSA) is 0 Å². The first-order valence-electron chi connectivity index (χ1n) is 6.21. The maximum Gasteiger partial charge on any atom is 0.118 e. The standard InChI is InChI=1S/C7H8.C6H14.C2HCl3/c1-7-5-3-2-4-6-7;1-3-5-6-4-2;3-1-2(4)5/h2-6H,1H3;3-6H2,1-2H3;1H. The molecule has 104 valence electrons. The second kappa shape index (κ2) is 16.8. The minimum Gasteiger partial charge on any atom is -0.0904 e. The molecule has 0 atom stereocenters. The zero-order valence-electron chi connectivity index (χ0n) is 11.4. The highest BCUT2D eigenvalue weighted by atomic mass is 35.5. The van der Waals surface area contributed by atoms with Crippen molar-refractivity contribution in [1.82, 2.24) is 0 Å². The van der Waals surface area contributed by atoms with E-state index in [1.807, 2.05) is 18.2 Å². The quantitative estimate of drug-likeness (QED) is 0.523. The SMILES string of the molecule is CCCCCC.Cc1ccccc1.ClC=C(Cl)Cl. The van der Waals surface area contributed by atoms with Crippen LogP contribution in [-0.2, 0) is 0 Å². The Morgan fingerprint density at radius 3 is 1.56 bits per heavy atom. The molecule has 0 unspecified atom stereocenters. The number of unbranched alkanes of at least 4 members (excludes halogenated alkanes) is 3. The molecule has 0 heterocycles. The van der Waals surface area contributed by atoms with E-state index in [0.29, 0.717) is 0 Å². The summed E-state index contributed by atoms with van der Waals surface area (Å²) in [6, 6.07) is 10.3. The molecule has 0 aliphatic rings. The summed E-state index contributed by atoms with van der Waals surface area (Å²) < 4.78 is 0.0895. The van der Waals surface area contributed by atoms with Crippen molar-refractivity contribution in [1.29, 1.82) is 0 Å². The fraction of sp³-hybridized carbons (Fsp3) is 0.467. The highest BCUT2D eigenvalue weighted by molar-refractivity contribution is 6.58. The molecule has 0 nitrogen and oxygen atoms in total. The van der Waals surface area contributed by atoms with Gasteiger partial charge in [-0.3, -0.25) is 0 Å². The Balaban J connectivity index is 0. The lowest BCUT2D eigenvalue weighted by atomic mass is 10.2. The zero-order chi connectivity index (χ0) is 14.2. The molecule has 1 aromatic carbocycles. The fourth-order valence-electron chi connectivity index (χ4n) is 1.03. The van der Waals surface area contributed by atoms with Crippen LogP contribution in [0.15, 0.2) is 40.4 Å². The van der Waals surface area contributed by atoms with E-state index in [2.05, 4.69) is 32.9 Å². The van der Waals surface area contributed by atoms with E-state index in [1.54, 1.807) is 0 Å². The van der Waals surface area contributed by atoms with Gasteiger partial charge in [-0.05, 0) is 6.92 Å². The summed E-state index contributed by atoms with van der Waals surface area (Å²) in [7, 11) is 0. The highest BCUT2D eigenvalue weighted by Gasteiger charge is 1.75. The normalized spacial score (nSPS) is 8.33. The number of halogens is 3. The summed E-state index contributed by atoms with van der Waals surface area (Å²) in [6.07, 6.45) is 5.54. The Bertz CT molecular complexity index is 273. The minimum atomic E-state index is 0.0895. The first-order chi connectivity index (χ1) is 8.58. The minimum absolute atomic E-state index is 0.0895. The number of aryl methyl sites for hydroxylation is 1. The molecule has 1 rings (SSSR count). The van der Waals surface area contributed by atoms with Crippen LogP contribution in [0.5, 0.6) is 0 Å². The maximum atomic E-state index is 4.96. The van der Waals surface area contributed by atoms with Crippen LogP contribution in [-0.4, -0.2) is 0 Å². The summed E-state index contributed by atoms with van der Waals surface area (Å²) in [6.45, 7) is 6.55. The van der Waals surface area contributed by atoms with E-state index in [4.69, 9.17) is 34.8 Å². The number of rotatable bonds is 3. The van der Waals surface area contributed by atoms with Gasteiger partial charge in [0.05, 0.1) is 0 Å². The lowest BCUT2D eigenvalue weighted by Gasteiger charge is -1.86. The summed E-state index contributed by atoms with van der Waals surface area (Å²) in [5.41, 5.74) is 2.41. The molecule has 18 heavy (non-hydrogen) atoms. The van der Waals surface area contributed by atoms with Crippen LogP contribution in [0.4, 0.5) is 0 Å². The Morgan fingerprint density at radius 1 is 1.00 bits per heavy atom. The maximum absolute atomic E-state index is 4.96. The van der Waals surface area contributed by atoms with Crippen LogP contribution < -0.4 is 0 Å². The van der Waals surface area contributed by atoms with Crippen molar-refractivity contribution < 1.29 is 0 Å². The molecule has 0 aliphatic carbocycles. The summed E-state index contributed by atoms with van der Waals surface area (Å²) >= 11 is 14.8. The van der Waals surface area contributed by atoms with Crippen molar-refractivity contribution in [2.75, 3.05) is 0 Å². The summed E-state index contributed by atoms with van der Waals surface area (Å²) in [5.74, 6) is 0. The van der Waals surface area contributed by atoms with Gasteiger partial charge < -0.3 is 0 Å². The van der Waals surface area contributed by atoms with Gasteiger partial charge in [0, 0.05) is 5.54 Å². The van der Waals surface area contributed by atoms with Crippen molar-refractivity contribution in [2.45, 2.75) is 46.5 Å². The molecule has 0 saturated carbocycles. The molecule has 0 aromatic heterocycles. The van der Waals surface area contributed by atoms with E-state index in [1.165, 1.54) is 31.2 Å². The van der Waals surface area contributed by atoms with Gasteiger partial charge >= 0.3 is 0 Å². The van der Waals surface area contributed by atoms with Gasteiger partial charge in [-0.1, -0.05) is 110 Å². The third-order valence-corrected chi connectivity index (χ3v) is 2.64. The van der Waals surface area contributed by atoms with Gasteiger partial charge in [0.25, 0.3) is 0 Å². The molecule has 0 bridgehead atoms. The Labute approximate surface area is 127 Å². The fourth-order valence-corrected chi connectivity index (χ4v) is 1.03. The molecule has 1 aromatic rings. The van der Waals surface area contributed by atoms with Gasteiger partial charge in [-0.15, -0.1) is 0 Å². The van der Waals surface area contributed by atoms with E-state index in [9.17, 15) is 0 Å². The van der Waals surface area contributed by atoms with Crippen molar-refractivity contribution in [3.8, 4) is 0 Å². The third-order valence-electron chi connectivity index (χ3n) is 1.98. The molecule has 0 radical (unpaired) electrons. The van der Waals surface area contributed by atoms with E-state index < -0.39 is 0 Å². The van der Waals surface area contributed by atoms with Crippen molar-refractivity contribution in [3.63, 3.8) is 0 Å². The Kier molecular flexibility index (Phi) is 18.8. The van der Waals surface area contributed by atoms with Crippen molar-refractivity contribution in [3.05, 3.63) is 45.9 Å². The van der Waals surface area contributed by atoms with E-state index >= 15 is 0 Å². The van der Waals surface area contributed by atoms with Gasteiger partial charge in [-0.25, -0.2) is 0 Å². The molecule has 0 fully saturated rings. The lowest BCUT2D eigenvalue weighted by molar-refractivity contribution is 0.702. The molecule has 0 N–H and O–H groups in total. The summed E-state index contributed by atoms with van der Waals surface area (Å²) in [4.78, 5) is 0. The van der Waals surface area contributed by atoms with Crippen molar-refractivity contribution in [2.24, 2.45) is 0 Å². The zero-order valence-corrected chi connectivity index (χ0v) is 13.7. The molecule has 0 aliphatic heterocycles. The third kappa shape index (κ3) is 21.1. The molecular formula is C15H23Cl3. The predicted molar refractivity (Wildman–Crippen MR) is 86.6 cm³/mol. The van der Waals surface area contributed by atoms with Gasteiger partial charge in [0.2, 0.25) is 0 Å². The largest absolute Gasteiger partial charge is 0.118 e. The first kappa shape index (κ1) is 20.2. The van der Waals surface area contributed by atoms with Crippen LogP contribution in [0.2, 0.25) is 0 Å². The monoisotopic (exact) mass is 308 g/mol. The predicted octanol–water partition coefficient (Wildman–Crippen LogP) is 7.08. The van der Waals surface area contributed by atoms with Crippen molar-refractivity contribution >= 4 is 34.8 Å². The highest BCUT2D eigenvalue weighted by Crippen LogP contribution is 2.05. The van der Waals surface area contributed by atoms with Gasteiger partial charge in [0.1, 0.15) is 4.49 Å². The van der Waals surface area contributed by atoms with Crippen LogP contribution >= 0.6 is 34.8 Å². The van der Waals surface area contributed by atoms with Crippen LogP contribution in [0, 0.1) is 6.92 Å². The molecule has 0 saturated heterocycles. The van der Waals surface area contributed by atoms with Gasteiger partial charge in [-0.2, -0.15) is 0 Å². The number of hydrogen-bond acceptors (Lipinski definition) is 0. The second-order valence-corrected chi connectivity index (χ2v) is 4.99. The first-order valence-corrected chi connectivity index (χ1v) is 7.40. The van der Waals surface area contributed by atoms with E-state index in [0.717, 1.165) is 5.54 Å². The number of benzene rings is 1. The Hall–Kier alpha value is -0.170. The molecule has 3 heteroatoms. The smallest absolute Gasteiger partial charge is 0.0904 e. The molecular weight excluding hydrogens is 287 g/mol. The van der Waals surface area contributed by atoms with Crippen LogP contribution in [0.25, 0.3) is 0 Å². The molecule has 0 spiro atoms. The average molecular weight is 310 g/mol. The van der Waals surface area contributed by atoms with Gasteiger partial charge in [0.15, 0.2) is 0 Å². The van der Waals surface area contributed by atoms with E-state index in [-0.39, 0.29) is 4.49 Å². The molecule has 0 amide bonds. The Morgan fingerprint density at radius 2 is 1.39 bits per heavy atom. The average Bonchev–Trinajstić information content (AvgIpc) is 2.38. The summed E-state index contributed by atoms with van der Waals surface area (Å²) in [5, 5.41) is 0. The number of hydrogen-bond donors (Lipinski definition) is 0. The second-order valence-electron chi connectivity index (χ2n) is 3.76.